The second kappa shape index (κ2) is 11.4. The predicted molar refractivity (Wildman–Crippen MR) is 137 cm³/mol. The van der Waals surface area contributed by atoms with Crippen molar-refractivity contribution < 1.29 is 18.4 Å². The van der Waals surface area contributed by atoms with Gasteiger partial charge in [0.15, 0.2) is 10.3 Å². The molecule has 0 bridgehead atoms. The summed E-state index contributed by atoms with van der Waals surface area (Å²) in [4.78, 5) is 38.7. The highest BCUT2D eigenvalue weighted by Gasteiger charge is 2.35. The molecule has 0 atom stereocenters. The number of thioether (sulfide) groups is 2. The standard InChI is InChI=1S/C24H26N4O4S2/c1-3-13-33-23-25-19(15-17-7-5-11-31-17)21(29)27(23)9-10-28-22(30)20(16-18-8-6-12-32-18)26-24(28)34-14-4-2/h5-8,11-12,15-16H,3-4,9-10,13-14H2,1-2H3/b19-15-,20-16-. The zero-order chi connectivity index (χ0) is 23.9. The Labute approximate surface area is 206 Å². The lowest BCUT2D eigenvalue weighted by atomic mass is 10.3. The van der Waals surface area contributed by atoms with Crippen molar-refractivity contribution in [2.24, 2.45) is 9.98 Å². The molecule has 0 radical (unpaired) electrons. The number of hydrogen-bond donors (Lipinski definition) is 0. The highest BCUT2D eigenvalue weighted by Crippen LogP contribution is 2.27. The van der Waals surface area contributed by atoms with Gasteiger partial charge >= 0.3 is 0 Å². The Bertz CT molecular complexity index is 1040. The molecule has 0 N–H and O–H groups in total. The molecule has 0 unspecified atom stereocenters. The lowest BCUT2D eigenvalue weighted by Crippen LogP contribution is -2.41. The second-order valence-electron chi connectivity index (χ2n) is 7.49. The molecule has 2 aromatic rings. The van der Waals surface area contributed by atoms with E-state index in [0.717, 1.165) is 24.3 Å². The van der Waals surface area contributed by atoms with Gasteiger partial charge in [0, 0.05) is 36.7 Å². The van der Waals surface area contributed by atoms with E-state index in [0.29, 0.717) is 46.3 Å². The molecule has 8 nitrogen and oxygen atoms in total. The molecule has 34 heavy (non-hydrogen) atoms. The molecule has 2 aromatic heterocycles. The van der Waals surface area contributed by atoms with E-state index in [2.05, 4.69) is 23.8 Å². The summed E-state index contributed by atoms with van der Waals surface area (Å²) >= 11 is 3.07. The van der Waals surface area contributed by atoms with Crippen LogP contribution >= 0.6 is 23.5 Å². The zero-order valence-electron chi connectivity index (χ0n) is 19.1. The zero-order valence-corrected chi connectivity index (χ0v) is 20.7. The fourth-order valence-corrected chi connectivity index (χ4v) is 5.04. The van der Waals surface area contributed by atoms with E-state index in [1.54, 1.807) is 58.7 Å². The van der Waals surface area contributed by atoms with Gasteiger partial charge < -0.3 is 8.83 Å². The van der Waals surface area contributed by atoms with Crippen molar-refractivity contribution in [2.45, 2.75) is 26.7 Å². The summed E-state index contributed by atoms with van der Waals surface area (Å²) in [5, 5.41) is 1.28. The smallest absolute Gasteiger partial charge is 0.278 e. The largest absolute Gasteiger partial charge is 0.465 e. The minimum atomic E-state index is -0.201. The van der Waals surface area contributed by atoms with Crippen LogP contribution < -0.4 is 0 Å². The summed E-state index contributed by atoms with van der Waals surface area (Å²) in [6.45, 7) is 4.79. The van der Waals surface area contributed by atoms with Crippen molar-refractivity contribution in [3.05, 3.63) is 59.7 Å². The number of rotatable bonds is 9. The fraction of sp³-hybridized carbons (Fsp3) is 0.333. The number of hydrogen-bond acceptors (Lipinski definition) is 8. The normalized spacial score (nSPS) is 18.5. The molecule has 0 aliphatic carbocycles. The van der Waals surface area contributed by atoms with Crippen molar-refractivity contribution in [3.63, 3.8) is 0 Å². The number of nitrogens with zero attached hydrogens (tertiary/aromatic N) is 4. The van der Waals surface area contributed by atoms with Gasteiger partial charge in [0.2, 0.25) is 0 Å². The summed E-state index contributed by atoms with van der Waals surface area (Å²) in [5.41, 5.74) is 0.655. The summed E-state index contributed by atoms with van der Waals surface area (Å²) in [7, 11) is 0. The fourth-order valence-electron chi connectivity index (χ4n) is 3.28. The number of aliphatic imine (C=N–C) groups is 2. The van der Waals surface area contributed by atoms with Crippen molar-refractivity contribution in [3.8, 4) is 0 Å². The minimum absolute atomic E-state index is 0.201. The number of amides is 2. The maximum absolute atomic E-state index is 13.1. The van der Waals surface area contributed by atoms with Gasteiger partial charge in [-0.3, -0.25) is 19.4 Å². The summed E-state index contributed by atoms with van der Waals surface area (Å²) in [6, 6.07) is 7.09. The number of amidine groups is 2. The first kappa shape index (κ1) is 24.2. The first-order chi connectivity index (χ1) is 16.6. The van der Waals surface area contributed by atoms with E-state index < -0.39 is 0 Å². The highest BCUT2D eigenvalue weighted by molar-refractivity contribution is 8.14. The summed E-state index contributed by atoms with van der Waals surface area (Å²) in [5.74, 6) is 2.42. The van der Waals surface area contributed by atoms with Crippen LogP contribution in [0.4, 0.5) is 0 Å². The van der Waals surface area contributed by atoms with Crippen molar-refractivity contribution in [1.29, 1.82) is 0 Å². The van der Waals surface area contributed by atoms with Crippen LogP contribution in [0.5, 0.6) is 0 Å². The van der Waals surface area contributed by atoms with Crippen molar-refractivity contribution in [2.75, 3.05) is 24.6 Å². The molecule has 4 heterocycles. The van der Waals surface area contributed by atoms with Gasteiger partial charge in [-0.05, 0) is 37.1 Å². The Morgan fingerprint density at radius 1 is 0.794 bits per heavy atom. The first-order valence-electron chi connectivity index (χ1n) is 11.2. The maximum atomic E-state index is 13.1. The highest BCUT2D eigenvalue weighted by atomic mass is 32.2. The van der Waals surface area contributed by atoms with Crippen LogP contribution in [0.3, 0.4) is 0 Å². The molecule has 0 spiro atoms. The quantitative estimate of drug-likeness (QED) is 0.455. The van der Waals surface area contributed by atoms with Gasteiger partial charge in [0.25, 0.3) is 11.8 Å². The molecule has 4 rings (SSSR count). The third kappa shape index (κ3) is 5.56. The van der Waals surface area contributed by atoms with Crippen molar-refractivity contribution in [1.82, 2.24) is 9.80 Å². The predicted octanol–water partition coefficient (Wildman–Crippen LogP) is 4.94. The van der Waals surface area contributed by atoms with Crippen LogP contribution in [0.15, 0.2) is 67.0 Å². The molecule has 0 saturated carbocycles. The molecule has 0 aromatic carbocycles. The molecule has 10 heteroatoms. The average molecular weight is 499 g/mol. The van der Waals surface area contributed by atoms with Gasteiger partial charge in [0.05, 0.1) is 12.5 Å². The number of furan rings is 2. The topological polar surface area (TPSA) is 91.6 Å². The molecular weight excluding hydrogens is 472 g/mol. The molecule has 0 saturated heterocycles. The van der Waals surface area contributed by atoms with Gasteiger partial charge in [0.1, 0.15) is 22.9 Å². The van der Waals surface area contributed by atoms with Gasteiger partial charge in [-0.25, -0.2) is 9.98 Å². The maximum Gasteiger partial charge on any atom is 0.278 e. The second-order valence-corrected chi connectivity index (χ2v) is 9.61. The third-order valence-corrected chi connectivity index (χ3v) is 7.25. The minimum Gasteiger partial charge on any atom is -0.465 e. The van der Waals surface area contributed by atoms with Crippen molar-refractivity contribution >= 4 is 57.8 Å². The monoisotopic (exact) mass is 498 g/mol. The van der Waals surface area contributed by atoms with E-state index in [4.69, 9.17) is 8.83 Å². The van der Waals surface area contributed by atoms with Gasteiger partial charge in [-0.2, -0.15) is 0 Å². The number of carbonyl (C=O) groups is 2. The lowest BCUT2D eigenvalue weighted by molar-refractivity contribution is -0.125. The summed E-state index contributed by atoms with van der Waals surface area (Å²) < 4.78 is 10.7. The van der Waals surface area contributed by atoms with Gasteiger partial charge in [-0.15, -0.1) is 0 Å². The van der Waals surface area contributed by atoms with Gasteiger partial charge in [-0.1, -0.05) is 37.4 Å². The third-order valence-electron chi connectivity index (χ3n) is 4.88. The average Bonchev–Trinajstić information content (AvgIpc) is 3.63. The Morgan fingerprint density at radius 2 is 1.24 bits per heavy atom. The Morgan fingerprint density at radius 3 is 1.59 bits per heavy atom. The van der Waals surface area contributed by atoms with Crippen LogP contribution in [-0.2, 0) is 9.59 Å². The van der Waals surface area contributed by atoms with Crippen LogP contribution in [0, 0.1) is 0 Å². The molecule has 0 fully saturated rings. The molecule has 178 valence electrons. The molecule has 2 aliphatic rings. The van der Waals surface area contributed by atoms with E-state index in [1.165, 1.54) is 23.5 Å². The SMILES string of the molecule is CCCSC1=N/C(=C\c2ccco2)C(=O)N1CCN1C(=O)/C(=C/c2ccco2)N=C1SCCC. The molecular formula is C24H26N4O4S2. The van der Waals surface area contributed by atoms with E-state index in [-0.39, 0.29) is 11.8 Å². The summed E-state index contributed by atoms with van der Waals surface area (Å²) in [6.07, 6.45) is 8.31. The van der Waals surface area contributed by atoms with E-state index in [1.807, 2.05) is 0 Å². The van der Waals surface area contributed by atoms with Crippen LogP contribution in [0.2, 0.25) is 0 Å². The molecule has 2 amide bonds. The lowest BCUT2D eigenvalue weighted by Gasteiger charge is -2.22. The van der Waals surface area contributed by atoms with E-state index >= 15 is 0 Å². The Kier molecular flexibility index (Phi) is 8.12. The van der Waals surface area contributed by atoms with E-state index in [9.17, 15) is 9.59 Å². The molecule has 2 aliphatic heterocycles. The first-order valence-corrected chi connectivity index (χ1v) is 13.1. The Balaban J connectivity index is 1.51. The van der Waals surface area contributed by atoms with Crippen LogP contribution in [0.25, 0.3) is 12.2 Å². The number of carbonyl (C=O) groups excluding carboxylic acids is 2. The van der Waals surface area contributed by atoms with Crippen LogP contribution in [-0.4, -0.2) is 56.5 Å². The Hall–Kier alpha value is -2.98. The van der Waals surface area contributed by atoms with Crippen LogP contribution in [0.1, 0.15) is 38.2 Å².